The molecule has 5 unspecified atom stereocenters. The van der Waals surface area contributed by atoms with E-state index in [0.717, 1.165) is 25.7 Å². The first-order valence-corrected chi connectivity index (χ1v) is 11.6. The molecule has 0 aliphatic carbocycles. The van der Waals surface area contributed by atoms with E-state index in [4.69, 9.17) is 4.74 Å². The second-order valence-corrected chi connectivity index (χ2v) is 8.27. The lowest BCUT2D eigenvalue weighted by Crippen LogP contribution is -2.38. The molecular formula is C27H33NO7. The van der Waals surface area contributed by atoms with Crippen LogP contribution in [0.15, 0.2) is 36.9 Å². The van der Waals surface area contributed by atoms with Gasteiger partial charge >= 0.3 is 0 Å². The van der Waals surface area contributed by atoms with Gasteiger partial charge in [-0.15, -0.1) is 0 Å². The highest BCUT2D eigenvalue weighted by Gasteiger charge is 2.36. The van der Waals surface area contributed by atoms with Gasteiger partial charge < -0.3 is 35.6 Å². The van der Waals surface area contributed by atoms with Crippen molar-refractivity contribution >= 4 is 12.0 Å². The number of rotatable bonds is 13. The van der Waals surface area contributed by atoms with Gasteiger partial charge in [-0.2, -0.15) is 0 Å². The lowest BCUT2D eigenvalue weighted by Gasteiger charge is -2.17. The summed E-state index contributed by atoms with van der Waals surface area (Å²) in [4.78, 5) is 11.9. The predicted octanol–water partition coefficient (Wildman–Crippen LogP) is 1.61. The number of aliphatic hydroxyl groups is 3. The van der Waals surface area contributed by atoms with Crippen molar-refractivity contribution in [3.63, 3.8) is 0 Å². The Morgan fingerprint density at radius 1 is 1.09 bits per heavy atom. The van der Waals surface area contributed by atoms with E-state index in [1.807, 2.05) is 0 Å². The molecule has 0 spiro atoms. The predicted molar refractivity (Wildman–Crippen MR) is 132 cm³/mol. The number of hydrogen-bond donors (Lipinski definition) is 6. The second-order valence-electron chi connectivity index (χ2n) is 8.27. The van der Waals surface area contributed by atoms with Crippen LogP contribution in [0.25, 0.3) is 6.08 Å². The number of carbonyl (C=O) groups excluding carboxylic acids is 1. The molecule has 0 aromatic heterocycles. The number of benzene rings is 1. The molecule has 8 heteroatoms. The van der Waals surface area contributed by atoms with E-state index in [1.165, 1.54) is 36.4 Å². The minimum absolute atomic E-state index is 0.0826. The third-order valence-corrected chi connectivity index (χ3v) is 5.43. The SMILES string of the molecule is C=CC(O)C#CC#CCC1OC1CCCCCC(O)C(O)CNC(=O)/C=C/c1ccc(O)c(O)c1. The van der Waals surface area contributed by atoms with Gasteiger partial charge in [0, 0.05) is 19.0 Å². The van der Waals surface area contributed by atoms with Gasteiger partial charge in [-0.1, -0.05) is 49.8 Å². The number of aromatic hydroxyl groups is 2. The molecule has 1 aliphatic rings. The second kappa shape index (κ2) is 14.9. The maximum atomic E-state index is 11.9. The molecule has 1 amide bonds. The maximum Gasteiger partial charge on any atom is 0.244 e. The molecule has 188 valence electrons. The van der Waals surface area contributed by atoms with E-state index in [0.29, 0.717) is 18.4 Å². The van der Waals surface area contributed by atoms with Crippen molar-refractivity contribution < 1.29 is 35.1 Å². The fourth-order valence-electron chi connectivity index (χ4n) is 3.26. The summed E-state index contributed by atoms with van der Waals surface area (Å²) in [5.74, 6) is 9.71. The molecule has 1 saturated heterocycles. The number of amides is 1. The smallest absolute Gasteiger partial charge is 0.244 e. The van der Waals surface area contributed by atoms with E-state index in [-0.39, 0.29) is 30.3 Å². The standard InChI is InChI=1S/C27H33NO7/c1-2-20(29)9-5-3-7-11-25-26(35-25)12-8-4-6-10-21(30)24(33)18-28-27(34)16-14-19-13-15-22(31)23(32)17-19/h2,13-17,20-21,24-26,29-33H,1,4,6,8,10-12,18H2,(H,28,34)/b16-14+. The Labute approximate surface area is 206 Å². The van der Waals surface area contributed by atoms with Crippen LogP contribution in [0.2, 0.25) is 0 Å². The zero-order valence-corrected chi connectivity index (χ0v) is 19.6. The highest BCUT2D eigenvalue weighted by atomic mass is 16.6. The number of epoxide rings is 1. The number of nitrogens with one attached hydrogen (secondary N) is 1. The highest BCUT2D eigenvalue weighted by molar-refractivity contribution is 5.91. The first-order valence-electron chi connectivity index (χ1n) is 11.6. The van der Waals surface area contributed by atoms with Gasteiger partial charge in [0.1, 0.15) is 6.10 Å². The van der Waals surface area contributed by atoms with Crippen molar-refractivity contribution in [2.75, 3.05) is 6.54 Å². The third kappa shape index (κ3) is 11.1. The molecule has 8 nitrogen and oxygen atoms in total. The molecule has 1 aromatic carbocycles. The summed E-state index contributed by atoms with van der Waals surface area (Å²) in [7, 11) is 0. The largest absolute Gasteiger partial charge is 0.504 e. The van der Waals surface area contributed by atoms with Crippen molar-refractivity contribution in [3.8, 4) is 35.2 Å². The number of carbonyl (C=O) groups is 1. The van der Waals surface area contributed by atoms with Crippen molar-refractivity contribution in [3.05, 3.63) is 42.5 Å². The summed E-state index contributed by atoms with van der Waals surface area (Å²) >= 11 is 0. The maximum absolute atomic E-state index is 11.9. The van der Waals surface area contributed by atoms with E-state index in [2.05, 4.69) is 35.6 Å². The molecule has 6 N–H and O–H groups in total. The summed E-state index contributed by atoms with van der Waals surface area (Å²) < 4.78 is 5.57. The number of phenolic OH excluding ortho intramolecular Hbond substituents is 2. The van der Waals surface area contributed by atoms with Crippen LogP contribution in [0.3, 0.4) is 0 Å². The molecule has 1 aromatic rings. The van der Waals surface area contributed by atoms with E-state index in [1.54, 1.807) is 0 Å². The zero-order valence-electron chi connectivity index (χ0n) is 19.6. The van der Waals surface area contributed by atoms with E-state index >= 15 is 0 Å². The summed E-state index contributed by atoms with van der Waals surface area (Å²) in [5.41, 5.74) is 0.529. The lowest BCUT2D eigenvalue weighted by molar-refractivity contribution is -0.117. The lowest BCUT2D eigenvalue weighted by atomic mass is 10.0. The fourth-order valence-corrected chi connectivity index (χ4v) is 3.26. The molecular weight excluding hydrogens is 450 g/mol. The van der Waals surface area contributed by atoms with Gasteiger partial charge in [0.2, 0.25) is 5.91 Å². The van der Waals surface area contributed by atoms with Gasteiger partial charge in [-0.3, -0.25) is 4.79 Å². The Hall–Kier alpha value is -3.27. The number of aliphatic hydroxyl groups excluding tert-OH is 3. The van der Waals surface area contributed by atoms with E-state index < -0.39 is 24.2 Å². The van der Waals surface area contributed by atoms with Crippen LogP contribution in [-0.2, 0) is 9.53 Å². The van der Waals surface area contributed by atoms with Crippen molar-refractivity contribution in [1.82, 2.24) is 5.32 Å². The van der Waals surface area contributed by atoms with Crippen LogP contribution < -0.4 is 5.32 Å². The summed E-state index contributed by atoms with van der Waals surface area (Å²) in [5, 5.41) is 50.6. The average Bonchev–Trinajstić information content (AvgIpc) is 3.60. The Kier molecular flexibility index (Phi) is 11.9. The summed E-state index contributed by atoms with van der Waals surface area (Å²) in [6, 6.07) is 4.17. The number of hydrogen-bond acceptors (Lipinski definition) is 7. The van der Waals surface area contributed by atoms with Crippen LogP contribution in [0, 0.1) is 23.7 Å². The summed E-state index contributed by atoms with van der Waals surface area (Å²) in [6.45, 7) is 3.34. The van der Waals surface area contributed by atoms with E-state index in [9.17, 15) is 30.3 Å². The van der Waals surface area contributed by atoms with Gasteiger partial charge in [0.05, 0.1) is 24.4 Å². The number of unbranched alkanes of at least 4 members (excludes halogenated alkanes) is 2. The molecule has 1 heterocycles. The minimum Gasteiger partial charge on any atom is -0.504 e. The Balaban J connectivity index is 1.53. The Morgan fingerprint density at radius 2 is 1.89 bits per heavy atom. The topological polar surface area (TPSA) is 143 Å². The van der Waals surface area contributed by atoms with Crippen LogP contribution >= 0.6 is 0 Å². The molecule has 2 rings (SSSR count). The van der Waals surface area contributed by atoms with Crippen molar-refractivity contribution in [1.29, 1.82) is 0 Å². The fraction of sp³-hybridized carbons (Fsp3) is 0.444. The number of ether oxygens (including phenoxy) is 1. The first kappa shape index (κ1) is 28.0. The molecule has 0 bridgehead atoms. The molecule has 0 saturated carbocycles. The summed E-state index contributed by atoms with van der Waals surface area (Å²) in [6.07, 6.45) is 6.00. The molecule has 0 radical (unpaired) electrons. The normalized spacial score (nSPS) is 18.9. The minimum atomic E-state index is -1.07. The molecule has 5 atom stereocenters. The monoisotopic (exact) mass is 483 g/mol. The average molecular weight is 484 g/mol. The molecule has 1 aliphatic heterocycles. The van der Waals surface area contributed by atoms with Gasteiger partial charge in [0.15, 0.2) is 11.5 Å². The van der Waals surface area contributed by atoms with Gasteiger partial charge in [-0.05, 0) is 48.5 Å². The molecule has 1 fully saturated rings. The van der Waals surface area contributed by atoms with Crippen LogP contribution in [0.5, 0.6) is 11.5 Å². The highest BCUT2D eigenvalue weighted by Crippen LogP contribution is 2.30. The third-order valence-electron chi connectivity index (χ3n) is 5.43. The van der Waals surface area contributed by atoms with Crippen LogP contribution in [-0.4, -0.2) is 68.5 Å². The van der Waals surface area contributed by atoms with Crippen molar-refractivity contribution in [2.45, 2.75) is 69.0 Å². The first-order chi connectivity index (χ1) is 16.8. The van der Waals surface area contributed by atoms with Crippen LogP contribution in [0.1, 0.15) is 44.1 Å². The number of phenols is 2. The quantitative estimate of drug-likeness (QED) is 0.0625. The Bertz CT molecular complexity index is 998. The molecule has 35 heavy (non-hydrogen) atoms. The van der Waals surface area contributed by atoms with Gasteiger partial charge in [0.25, 0.3) is 0 Å². The Morgan fingerprint density at radius 3 is 2.63 bits per heavy atom. The van der Waals surface area contributed by atoms with Crippen LogP contribution in [0.4, 0.5) is 0 Å². The van der Waals surface area contributed by atoms with Gasteiger partial charge in [-0.25, -0.2) is 0 Å². The van der Waals surface area contributed by atoms with Crippen molar-refractivity contribution in [2.24, 2.45) is 0 Å². The zero-order chi connectivity index (χ0) is 25.6.